The highest BCUT2D eigenvalue weighted by Crippen LogP contribution is 2.30. The van der Waals surface area contributed by atoms with E-state index in [1.54, 1.807) is 30.7 Å². The van der Waals surface area contributed by atoms with Gasteiger partial charge < -0.3 is 19.1 Å². The molecule has 3 aromatic carbocycles. The topological polar surface area (TPSA) is 191 Å². The molecular formula is C55H63N7O9. The second-order valence-corrected chi connectivity index (χ2v) is 17.6. The molecule has 0 saturated carbocycles. The van der Waals surface area contributed by atoms with Crippen LogP contribution >= 0.6 is 0 Å². The standard InChI is InChI=1S/C35H39N5O3.C20H24N2O6/c1-3-43-20-13-35(42)40-18-16-39(17-19-40)25-27-8-10-29(11-9-27)33(41)22-28-7-6-26(2)31(21-28)23-34-37-15-12-32(38-34)30-5-4-14-36-24-30;1-2-27-11-12-28-10-4-6-13-5-3-7-14-17(13)20(26)22(19(14)25)15-8-9-16(23)21-18(15)24/h4-12,14-15,21,24H,3,13,16-20,22-23,25H2,1-2H3;3,5,7,15H,2,4,6,8-12H2,1H3,(H,21,23,24). The average Bonchev–Trinajstić information content (AvgIpc) is 3.64. The van der Waals surface area contributed by atoms with Crippen molar-refractivity contribution in [3.8, 4) is 11.3 Å². The summed E-state index contributed by atoms with van der Waals surface area (Å²) in [6, 6.07) is 24.1. The van der Waals surface area contributed by atoms with E-state index in [0.29, 0.717) is 88.4 Å². The van der Waals surface area contributed by atoms with Crippen molar-refractivity contribution in [1.82, 2.24) is 35.0 Å². The number of nitrogens with one attached hydrogen (secondary N) is 1. The van der Waals surface area contributed by atoms with Gasteiger partial charge in [-0.2, -0.15) is 0 Å². The summed E-state index contributed by atoms with van der Waals surface area (Å²) in [6.45, 7) is 13.3. The zero-order chi connectivity index (χ0) is 50.1. The lowest BCUT2D eigenvalue weighted by molar-refractivity contribution is -0.136. The lowest BCUT2D eigenvalue weighted by atomic mass is 9.97. The summed E-state index contributed by atoms with van der Waals surface area (Å²) in [4.78, 5) is 93.4. The molecule has 3 aliphatic rings. The predicted molar refractivity (Wildman–Crippen MR) is 265 cm³/mol. The lowest BCUT2D eigenvalue weighted by Crippen LogP contribution is -2.54. The largest absolute Gasteiger partial charge is 0.381 e. The fraction of sp³-hybridized carbons (Fsp3) is 0.400. The molecule has 8 rings (SSSR count). The van der Waals surface area contributed by atoms with Gasteiger partial charge in [-0.05, 0) is 92.1 Å². The van der Waals surface area contributed by atoms with Gasteiger partial charge in [0.2, 0.25) is 17.7 Å². The Balaban J connectivity index is 0.000000229. The SMILES string of the molecule is CCOCCC(=O)N1CCN(Cc2ccc(C(=O)Cc3ccc(C)c(Cc4nccc(-c5cccnc5)n4)c3)cc2)CC1.CCOCCOCCCc1cccc2c1C(=O)N(C1CCC(=O)NC1=O)C2=O. The molecule has 0 bridgehead atoms. The summed E-state index contributed by atoms with van der Waals surface area (Å²) in [5.41, 5.74) is 8.34. The Kier molecular flexibility index (Phi) is 18.9. The minimum Gasteiger partial charge on any atom is -0.381 e. The molecule has 5 amide bonds. The molecule has 0 radical (unpaired) electrons. The number of piperidine rings is 1. The van der Waals surface area contributed by atoms with E-state index in [-0.39, 0.29) is 30.4 Å². The predicted octanol–water partition coefficient (Wildman–Crippen LogP) is 6.01. The summed E-state index contributed by atoms with van der Waals surface area (Å²) < 4.78 is 16.0. The first-order chi connectivity index (χ1) is 34.5. The van der Waals surface area contributed by atoms with E-state index in [4.69, 9.17) is 19.2 Å². The molecule has 1 unspecified atom stereocenters. The maximum Gasteiger partial charge on any atom is 0.262 e. The third kappa shape index (κ3) is 14.2. The number of aryl methyl sites for hydroxylation is 2. The number of pyridine rings is 1. The molecule has 1 atom stereocenters. The molecule has 2 aromatic heterocycles. The first-order valence-electron chi connectivity index (χ1n) is 24.5. The number of Topliss-reactive ketones (excluding diaryl/α,β-unsaturated/α-hetero) is 1. The normalized spacial score (nSPS) is 15.8. The van der Waals surface area contributed by atoms with E-state index in [1.165, 1.54) is 5.56 Å². The van der Waals surface area contributed by atoms with Crippen LogP contribution in [-0.4, -0.2) is 137 Å². The molecule has 0 aliphatic carbocycles. The number of hydrogen-bond donors (Lipinski definition) is 1. The Labute approximate surface area is 415 Å². The second-order valence-electron chi connectivity index (χ2n) is 17.6. The van der Waals surface area contributed by atoms with Crippen LogP contribution in [0.4, 0.5) is 0 Å². The van der Waals surface area contributed by atoms with Crippen molar-refractivity contribution >= 4 is 35.3 Å². The number of ether oxygens (including phenoxy) is 3. The summed E-state index contributed by atoms with van der Waals surface area (Å²) in [6.07, 6.45) is 8.24. The highest BCUT2D eigenvalue weighted by Gasteiger charge is 2.45. The van der Waals surface area contributed by atoms with Crippen LogP contribution in [0.25, 0.3) is 11.3 Å². The van der Waals surface area contributed by atoms with Crippen LogP contribution in [0.15, 0.2) is 97.5 Å². The summed E-state index contributed by atoms with van der Waals surface area (Å²) in [5.74, 6) is -0.946. The van der Waals surface area contributed by atoms with E-state index < -0.39 is 23.8 Å². The smallest absolute Gasteiger partial charge is 0.262 e. The number of benzene rings is 3. The molecule has 16 nitrogen and oxygen atoms in total. The molecule has 3 aliphatic heterocycles. The van der Waals surface area contributed by atoms with Crippen molar-refractivity contribution in [2.75, 3.05) is 65.8 Å². The number of nitrogens with zero attached hydrogens (tertiary/aromatic N) is 6. The number of rotatable bonds is 21. The van der Waals surface area contributed by atoms with Gasteiger partial charge in [0.25, 0.3) is 11.8 Å². The van der Waals surface area contributed by atoms with Crippen LogP contribution in [0.1, 0.15) is 104 Å². The number of fused-ring (bicyclic) bond motifs is 1. The number of ketones is 1. The Morgan fingerprint density at radius 2 is 1.54 bits per heavy atom. The van der Waals surface area contributed by atoms with Crippen LogP contribution < -0.4 is 5.32 Å². The summed E-state index contributed by atoms with van der Waals surface area (Å²) in [7, 11) is 0. The molecule has 2 saturated heterocycles. The van der Waals surface area contributed by atoms with E-state index >= 15 is 0 Å². The van der Waals surface area contributed by atoms with Crippen molar-refractivity contribution in [3.63, 3.8) is 0 Å². The van der Waals surface area contributed by atoms with Gasteiger partial charge in [0.15, 0.2) is 5.78 Å². The molecule has 2 fully saturated rings. The molecule has 16 heteroatoms. The van der Waals surface area contributed by atoms with Crippen LogP contribution in [0.3, 0.4) is 0 Å². The number of imide groups is 2. The average molecular weight is 966 g/mol. The molecule has 1 N–H and O–H groups in total. The van der Waals surface area contributed by atoms with E-state index in [1.807, 2.05) is 73.3 Å². The van der Waals surface area contributed by atoms with Gasteiger partial charge in [-0.1, -0.05) is 54.6 Å². The first kappa shape index (κ1) is 52.0. The van der Waals surface area contributed by atoms with Gasteiger partial charge in [0.05, 0.1) is 43.1 Å². The molecular weight excluding hydrogens is 903 g/mol. The van der Waals surface area contributed by atoms with Gasteiger partial charge >= 0.3 is 0 Å². The molecule has 0 spiro atoms. The Morgan fingerprint density at radius 1 is 0.775 bits per heavy atom. The number of piperazine rings is 1. The zero-order valence-electron chi connectivity index (χ0n) is 40.9. The minimum absolute atomic E-state index is 0.0929. The van der Waals surface area contributed by atoms with Gasteiger partial charge in [-0.15, -0.1) is 0 Å². The fourth-order valence-electron chi connectivity index (χ4n) is 8.84. The lowest BCUT2D eigenvalue weighted by Gasteiger charge is -2.34. The Bertz CT molecular complexity index is 2650. The van der Waals surface area contributed by atoms with Crippen molar-refractivity contribution < 1.29 is 43.0 Å². The van der Waals surface area contributed by atoms with Crippen LogP contribution in [-0.2, 0) is 54.4 Å². The monoisotopic (exact) mass is 965 g/mol. The minimum atomic E-state index is -0.945. The second kappa shape index (κ2) is 25.8. The van der Waals surface area contributed by atoms with Crippen molar-refractivity contribution in [3.05, 3.63) is 148 Å². The maximum absolute atomic E-state index is 13.2. The highest BCUT2D eigenvalue weighted by atomic mass is 16.5. The third-order valence-electron chi connectivity index (χ3n) is 12.7. The molecule has 71 heavy (non-hydrogen) atoms. The molecule has 5 heterocycles. The maximum atomic E-state index is 13.2. The number of carbonyl (C=O) groups excluding carboxylic acids is 6. The third-order valence-corrected chi connectivity index (χ3v) is 12.7. The van der Waals surface area contributed by atoms with E-state index in [0.717, 1.165) is 77.0 Å². The quantitative estimate of drug-likeness (QED) is 0.0512. The van der Waals surface area contributed by atoms with Crippen LogP contribution in [0.5, 0.6) is 0 Å². The van der Waals surface area contributed by atoms with Crippen molar-refractivity contribution in [2.45, 2.75) is 78.3 Å². The van der Waals surface area contributed by atoms with Gasteiger partial charge in [-0.3, -0.25) is 48.9 Å². The molecule has 372 valence electrons. The van der Waals surface area contributed by atoms with Gasteiger partial charge in [-0.25, -0.2) is 9.97 Å². The van der Waals surface area contributed by atoms with Crippen LogP contribution in [0.2, 0.25) is 0 Å². The number of amides is 5. The van der Waals surface area contributed by atoms with Crippen molar-refractivity contribution in [1.29, 1.82) is 0 Å². The van der Waals surface area contributed by atoms with Crippen LogP contribution in [0, 0.1) is 6.92 Å². The van der Waals surface area contributed by atoms with Crippen molar-refractivity contribution in [2.24, 2.45) is 0 Å². The van der Waals surface area contributed by atoms with E-state index in [9.17, 15) is 28.8 Å². The summed E-state index contributed by atoms with van der Waals surface area (Å²) >= 11 is 0. The van der Waals surface area contributed by atoms with E-state index in [2.05, 4.69) is 39.2 Å². The zero-order valence-corrected chi connectivity index (χ0v) is 40.9. The first-order valence-corrected chi connectivity index (χ1v) is 24.5. The Hall–Kier alpha value is -6.85. The Morgan fingerprint density at radius 3 is 2.28 bits per heavy atom. The highest BCUT2D eigenvalue weighted by molar-refractivity contribution is 6.24. The summed E-state index contributed by atoms with van der Waals surface area (Å²) in [5, 5.41) is 2.20. The van der Waals surface area contributed by atoms with Gasteiger partial charge in [0, 0.05) is 102 Å². The number of hydrogen-bond acceptors (Lipinski definition) is 13. The number of aromatic nitrogens is 3. The molecule has 5 aromatic rings. The van der Waals surface area contributed by atoms with Gasteiger partial charge in [0.1, 0.15) is 11.9 Å². The fourth-order valence-corrected chi connectivity index (χ4v) is 8.84. The number of carbonyl (C=O) groups is 6.